The molecule has 1 aliphatic heterocycles. The first-order valence-corrected chi connectivity index (χ1v) is 7.48. The van der Waals surface area contributed by atoms with Gasteiger partial charge in [-0.1, -0.05) is 6.92 Å². The molecule has 0 amide bonds. The van der Waals surface area contributed by atoms with Crippen molar-refractivity contribution in [3.05, 3.63) is 16.6 Å². The molecule has 0 bridgehead atoms. The molecule has 1 fully saturated rings. The topological polar surface area (TPSA) is 34.1 Å². The van der Waals surface area contributed by atoms with E-state index in [2.05, 4.69) is 22.6 Å². The Morgan fingerprint density at radius 3 is 3.12 bits per heavy atom. The number of ether oxygens (including phenoxy) is 1. The van der Waals surface area contributed by atoms with Crippen molar-refractivity contribution in [1.82, 2.24) is 10.3 Å². The minimum Gasteiger partial charge on any atom is -0.383 e. The Labute approximate surface area is 105 Å². The smallest absolute Gasteiger partial charge is 0.114 e. The molecule has 1 aromatic heterocycles. The van der Waals surface area contributed by atoms with Gasteiger partial charge in [0.15, 0.2) is 0 Å². The number of rotatable bonds is 5. The Kier molecular flexibility index (Phi) is 4.24. The molecule has 0 radical (unpaired) electrons. The van der Waals surface area contributed by atoms with Crippen LogP contribution < -0.4 is 5.32 Å². The van der Waals surface area contributed by atoms with Crippen LogP contribution in [0, 0.1) is 0 Å². The molecule has 0 spiro atoms. The van der Waals surface area contributed by atoms with Crippen LogP contribution in [0.5, 0.6) is 0 Å². The number of thioether (sulfide) groups is 1. The van der Waals surface area contributed by atoms with Gasteiger partial charge in [-0.25, -0.2) is 4.98 Å². The van der Waals surface area contributed by atoms with Gasteiger partial charge in [0.05, 0.1) is 12.1 Å². The van der Waals surface area contributed by atoms with Gasteiger partial charge in [0, 0.05) is 30.5 Å². The molecule has 1 aromatic rings. The average Bonchev–Trinajstić information content (AvgIpc) is 2.89. The van der Waals surface area contributed by atoms with Crippen molar-refractivity contribution in [1.29, 1.82) is 0 Å². The monoisotopic (exact) mass is 258 g/mol. The lowest BCUT2D eigenvalue weighted by molar-refractivity contribution is 0.183. The number of methoxy groups -OCH3 is 1. The van der Waals surface area contributed by atoms with E-state index in [1.165, 1.54) is 10.8 Å². The maximum absolute atomic E-state index is 5.11. The summed E-state index contributed by atoms with van der Waals surface area (Å²) in [4.78, 5) is 4.50. The molecule has 5 heteroatoms. The summed E-state index contributed by atoms with van der Waals surface area (Å²) in [5.74, 6) is 1.21. The number of aromatic nitrogens is 1. The highest BCUT2D eigenvalue weighted by Crippen LogP contribution is 2.43. The molecule has 0 aromatic carbocycles. The second kappa shape index (κ2) is 5.49. The van der Waals surface area contributed by atoms with E-state index in [0.29, 0.717) is 5.25 Å². The number of hydrogen-bond acceptors (Lipinski definition) is 5. The maximum Gasteiger partial charge on any atom is 0.114 e. The molecular weight excluding hydrogens is 240 g/mol. The third kappa shape index (κ3) is 2.27. The van der Waals surface area contributed by atoms with E-state index in [4.69, 9.17) is 4.74 Å². The van der Waals surface area contributed by atoms with E-state index in [1.54, 1.807) is 18.4 Å². The highest BCUT2D eigenvalue weighted by Gasteiger charge is 2.43. The second-order valence-electron chi connectivity index (χ2n) is 3.99. The molecular formula is C11H18N2OS2. The molecule has 0 saturated carbocycles. The molecule has 16 heavy (non-hydrogen) atoms. The van der Waals surface area contributed by atoms with E-state index >= 15 is 0 Å². The summed E-state index contributed by atoms with van der Waals surface area (Å²) in [7, 11) is 1.74. The predicted molar refractivity (Wildman–Crippen MR) is 70.2 cm³/mol. The molecule has 3 nitrogen and oxygen atoms in total. The zero-order valence-electron chi connectivity index (χ0n) is 9.73. The number of hydrogen-bond donors (Lipinski definition) is 1. The van der Waals surface area contributed by atoms with E-state index in [-0.39, 0.29) is 5.54 Å². The first-order chi connectivity index (χ1) is 7.79. The van der Waals surface area contributed by atoms with Crippen molar-refractivity contribution in [2.24, 2.45) is 0 Å². The Hall–Kier alpha value is -0.100. The Morgan fingerprint density at radius 1 is 1.69 bits per heavy atom. The highest BCUT2D eigenvalue weighted by atomic mass is 32.2. The summed E-state index contributed by atoms with van der Waals surface area (Å²) in [5, 5.41) is 7.51. The van der Waals surface area contributed by atoms with Crippen LogP contribution in [0.4, 0.5) is 0 Å². The second-order valence-corrected chi connectivity index (χ2v) is 6.33. The van der Waals surface area contributed by atoms with Gasteiger partial charge in [-0.05, 0) is 12.2 Å². The lowest BCUT2D eigenvalue weighted by Gasteiger charge is -2.32. The molecule has 2 unspecified atom stereocenters. The van der Waals surface area contributed by atoms with E-state index in [9.17, 15) is 0 Å². The van der Waals surface area contributed by atoms with Crippen LogP contribution in [0.1, 0.15) is 18.4 Å². The minimum absolute atomic E-state index is 0.0668. The Balaban J connectivity index is 2.13. The van der Waals surface area contributed by atoms with Crippen LogP contribution in [0.25, 0.3) is 0 Å². The zero-order valence-corrected chi connectivity index (χ0v) is 11.4. The van der Waals surface area contributed by atoms with Crippen LogP contribution in [-0.4, -0.2) is 36.2 Å². The largest absolute Gasteiger partial charge is 0.383 e. The minimum atomic E-state index is 0.0668. The molecule has 90 valence electrons. The quantitative estimate of drug-likeness (QED) is 0.820. The van der Waals surface area contributed by atoms with Crippen LogP contribution >= 0.6 is 23.1 Å². The fourth-order valence-corrected chi connectivity index (χ4v) is 4.55. The van der Waals surface area contributed by atoms with Gasteiger partial charge >= 0.3 is 0 Å². The lowest BCUT2D eigenvalue weighted by Crippen LogP contribution is -2.47. The molecule has 0 aliphatic carbocycles. The highest BCUT2D eigenvalue weighted by molar-refractivity contribution is 8.00. The van der Waals surface area contributed by atoms with Crippen molar-refractivity contribution in [3.63, 3.8) is 0 Å². The van der Waals surface area contributed by atoms with Gasteiger partial charge in [0.1, 0.15) is 5.01 Å². The molecule has 2 atom stereocenters. The van der Waals surface area contributed by atoms with Crippen molar-refractivity contribution < 1.29 is 4.74 Å². The zero-order chi connectivity index (χ0) is 11.4. The van der Waals surface area contributed by atoms with Crippen LogP contribution in [0.15, 0.2) is 11.6 Å². The number of thiazole rings is 1. The molecule has 2 heterocycles. The summed E-state index contributed by atoms with van der Waals surface area (Å²) in [6.45, 7) is 3.93. The third-order valence-corrected chi connectivity index (χ3v) is 5.41. The fraction of sp³-hybridized carbons (Fsp3) is 0.727. The van der Waals surface area contributed by atoms with Gasteiger partial charge in [-0.2, -0.15) is 11.8 Å². The third-order valence-electron chi connectivity index (χ3n) is 3.12. The maximum atomic E-state index is 5.11. The Bertz CT molecular complexity index is 318. The normalized spacial score (nSPS) is 29.8. The first-order valence-electron chi connectivity index (χ1n) is 5.55. The van der Waals surface area contributed by atoms with Gasteiger partial charge in [0.2, 0.25) is 0 Å². The Morgan fingerprint density at radius 2 is 2.56 bits per heavy atom. The average molecular weight is 258 g/mol. The van der Waals surface area contributed by atoms with E-state index in [1.807, 2.05) is 18.0 Å². The SMILES string of the molecule is COCCNC1(c2nccs2)CCSC1C. The standard InChI is InChI=1S/C11H18N2OS2/c1-9-11(3-7-15-9,13-4-6-14-2)10-12-5-8-16-10/h5,8-9,13H,3-4,6-7H2,1-2H3. The lowest BCUT2D eigenvalue weighted by atomic mass is 9.93. The van der Waals surface area contributed by atoms with Crippen molar-refractivity contribution >= 4 is 23.1 Å². The van der Waals surface area contributed by atoms with Crippen LogP contribution in [0.2, 0.25) is 0 Å². The molecule has 2 rings (SSSR count). The predicted octanol–water partition coefficient (Wildman–Crippen LogP) is 2.10. The van der Waals surface area contributed by atoms with E-state index < -0.39 is 0 Å². The van der Waals surface area contributed by atoms with Crippen LogP contribution in [-0.2, 0) is 10.3 Å². The molecule has 1 saturated heterocycles. The van der Waals surface area contributed by atoms with Gasteiger partial charge < -0.3 is 10.1 Å². The summed E-state index contributed by atoms with van der Waals surface area (Å²) < 4.78 is 5.11. The van der Waals surface area contributed by atoms with Crippen molar-refractivity contribution in [2.75, 3.05) is 26.0 Å². The van der Waals surface area contributed by atoms with Gasteiger partial charge in [-0.3, -0.25) is 0 Å². The molecule has 1 N–H and O–H groups in total. The summed E-state index contributed by atoms with van der Waals surface area (Å²) >= 11 is 3.78. The number of nitrogens with zero attached hydrogens (tertiary/aromatic N) is 1. The van der Waals surface area contributed by atoms with Gasteiger partial charge in [-0.15, -0.1) is 11.3 Å². The van der Waals surface area contributed by atoms with Gasteiger partial charge in [0.25, 0.3) is 0 Å². The molecule has 1 aliphatic rings. The summed E-state index contributed by atoms with van der Waals surface area (Å²) in [6.07, 6.45) is 3.06. The first kappa shape index (κ1) is 12.4. The number of nitrogens with one attached hydrogen (secondary N) is 1. The summed E-state index contributed by atoms with van der Waals surface area (Å²) in [6, 6.07) is 0. The van der Waals surface area contributed by atoms with E-state index in [0.717, 1.165) is 19.6 Å². The van der Waals surface area contributed by atoms with Crippen molar-refractivity contribution in [3.8, 4) is 0 Å². The summed E-state index contributed by atoms with van der Waals surface area (Å²) in [5.41, 5.74) is 0.0668. The van der Waals surface area contributed by atoms with Crippen molar-refractivity contribution in [2.45, 2.75) is 24.1 Å². The fourth-order valence-electron chi connectivity index (χ4n) is 2.15. The van der Waals surface area contributed by atoms with Crippen LogP contribution in [0.3, 0.4) is 0 Å².